The van der Waals surface area contributed by atoms with Gasteiger partial charge in [0.25, 0.3) is 5.56 Å². The van der Waals surface area contributed by atoms with Crippen LogP contribution in [-0.2, 0) is 10.0 Å². The number of methoxy groups -OCH3 is 1. The largest absolute Gasteiger partial charge is 0.496 e. The predicted molar refractivity (Wildman–Crippen MR) is 116 cm³/mol. The lowest BCUT2D eigenvalue weighted by Gasteiger charge is -2.20. The zero-order valence-electron chi connectivity index (χ0n) is 17.3. The van der Waals surface area contributed by atoms with Crippen molar-refractivity contribution >= 4 is 20.9 Å². The van der Waals surface area contributed by atoms with Crippen LogP contribution >= 0.6 is 0 Å². The molecule has 0 atom stereocenters. The van der Waals surface area contributed by atoms with E-state index in [1.165, 1.54) is 45.6 Å². The van der Waals surface area contributed by atoms with E-state index in [0.717, 1.165) is 24.2 Å². The van der Waals surface area contributed by atoms with Crippen LogP contribution in [0.5, 0.6) is 5.75 Å². The van der Waals surface area contributed by atoms with Crippen molar-refractivity contribution < 1.29 is 13.2 Å². The van der Waals surface area contributed by atoms with E-state index in [4.69, 9.17) is 9.72 Å². The summed E-state index contributed by atoms with van der Waals surface area (Å²) in [6.07, 6.45) is 5.74. The molecule has 0 spiro atoms. The molecule has 2 aromatic heterocycles. The SMILES string of the molecule is CNS(=O)(=O)c1ccc(-c2nc3c(C)[nH]c(C4CCCCC4)c3c(=O)[nH]2)c(OC)c1. The van der Waals surface area contributed by atoms with E-state index >= 15 is 0 Å². The number of hydrogen-bond donors (Lipinski definition) is 3. The predicted octanol–water partition coefficient (Wildman–Crippen LogP) is 3.19. The summed E-state index contributed by atoms with van der Waals surface area (Å²) in [6, 6.07) is 4.48. The molecule has 0 amide bonds. The summed E-state index contributed by atoms with van der Waals surface area (Å²) in [4.78, 5) is 24.1. The van der Waals surface area contributed by atoms with Gasteiger partial charge in [0.05, 0.1) is 28.5 Å². The molecule has 9 heteroatoms. The summed E-state index contributed by atoms with van der Waals surface area (Å²) < 4.78 is 31.9. The highest BCUT2D eigenvalue weighted by atomic mass is 32.2. The number of aromatic nitrogens is 3. The van der Waals surface area contributed by atoms with E-state index in [1.54, 1.807) is 6.07 Å². The van der Waals surface area contributed by atoms with Crippen molar-refractivity contribution in [1.29, 1.82) is 0 Å². The van der Waals surface area contributed by atoms with Crippen molar-refractivity contribution in [2.75, 3.05) is 14.2 Å². The molecule has 30 heavy (non-hydrogen) atoms. The number of H-pyrrole nitrogens is 2. The van der Waals surface area contributed by atoms with E-state index in [0.29, 0.717) is 34.0 Å². The number of fused-ring (bicyclic) bond motifs is 1. The average molecular weight is 431 g/mol. The Morgan fingerprint density at radius 3 is 2.57 bits per heavy atom. The van der Waals surface area contributed by atoms with Crippen LogP contribution in [0.15, 0.2) is 27.9 Å². The van der Waals surface area contributed by atoms with Gasteiger partial charge < -0.3 is 14.7 Å². The first-order valence-corrected chi connectivity index (χ1v) is 11.6. The number of aryl methyl sites for hydroxylation is 1. The Labute approximate surface area is 175 Å². The first-order valence-electron chi connectivity index (χ1n) is 10.1. The zero-order valence-corrected chi connectivity index (χ0v) is 18.1. The standard InChI is InChI=1S/C21H26N4O4S/c1-12-18-17(19(23-12)13-7-5-4-6-8-13)21(26)25-20(24-18)15-10-9-14(11-16(15)29-3)30(27,28)22-2/h9-11,13,22-23H,4-8H2,1-3H3,(H,24,25,26). The third-order valence-electron chi connectivity index (χ3n) is 5.89. The molecule has 0 unspecified atom stereocenters. The van der Waals surface area contributed by atoms with Gasteiger partial charge in [-0.3, -0.25) is 4.79 Å². The maximum Gasteiger partial charge on any atom is 0.260 e. The third kappa shape index (κ3) is 3.52. The summed E-state index contributed by atoms with van der Waals surface area (Å²) in [7, 11) is -0.815. The number of rotatable bonds is 5. The maximum atomic E-state index is 13.1. The molecule has 0 saturated heterocycles. The Morgan fingerprint density at radius 1 is 1.17 bits per heavy atom. The highest BCUT2D eigenvalue weighted by molar-refractivity contribution is 7.89. The van der Waals surface area contributed by atoms with E-state index in [1.807, 2.05) is 6.92 Å². The van der Waals surface area contributed by atoms with Gasteiger partial charge in [0.1, 0.15) is 11.6 Å². The lowest BCUT2D eigenvalue weighted by Crippen LogP contribution is -2.18. The first-order chi connectivity index (χ1) is 14.4. The maximum absolute atomic E-state index is 13.1. The zero-order chi connectivity index (χ0) is 21.5. The summed E-state index contributed by atoms with van der Waals surface area (Å²) >= 11 is 0. The average Bonchev–Trinajstić information content (AvgIpc) is 3.11. The van der Waals surface area contributed by atoms with Crippen LogP contribution in [0.4, 0.5) is 0 Å². The lowest BCUT2D eigenvalue weighted by atomic mass is 9.86. The normalized spacial score (nSPS) is 15.6. The van der Waals surface area contributed by atoms with Crippen molar-refractivity contribution in [2.24, 2.45) is 0 Å². The molecule has 1 aliphatic carbocycles. The summed E-state index contributed by atoms with van der Waals surface area (Å²) in [5.74, 6) is 1.01. The molecule has 3 aromatic rings. The minimum absolute atomic E-state index is 0.0754. The van der Waals surface area contributed by atoms with Crippen molar-refractivity contribution in [2.45, 2.75) is 49.8 Å². The molecule has 1 fully saturated rings. The molecule has 160 valence electrons. The van der Waals surface area contributed by atoms with E-state index in [-0.39, 0.29) is 10.5 Å². The number of benzene rings is 1. The van der Waals surface area contributed by atoms with Gasteiger partial charge >= 0.3 is 0 Å². The number of nitrogens with one attached hydrogen (secondary N) is 3. The van der Waals surface area contributed by atoms with Crippen molar-refractivity contribution in [3.8, 4) is 17.1 Å². The molecule has 1 saturated carbocycles. The molecule has 8 nitrogen and oxygen atoms in total. The molecule has 2 heterocycles. The molecule has 0 radical (unpaired) electrons. The van der Waals surface area contributed by atoms with Crippen LogP contribution in [0.2, 0.25) is 0 Å². The fourth-order valence-electron chi connectivity index (χ4n) is 4.30. The van der Waals surface area contributed by atoms with Gasteiger partial charge in [-0.15, -0.1) is 0 Å². The molecule has 1 aliphatic rings. The lowest BCUT2D eigenvalue weighted by molar-refractivity contribution is 0.414. The number of ether oxygens (including phenoxy) is 1. The Hall–Kier alpha value is -2.65. The molecular formula is C21H26N4O4S. The highest BCUT2D eigenvalue weighted by Gasteiger charge is 2.24. The van der Waals surface area contributed by atoms with E-state index < -0.39 is 10.0 Å². The minimum atomic E-state index is -3.62. The van der Waals surface area contributed by atoms with Gasteiger partial charge in [-0.2, -0.15) is 0 Å². The molecule has 1 aromatic carbocycles. The van der Waals surface area contributed by atoms with E-state index in [9.17, 15) is 13.2 Å². The van der Waals surface area contributed by atoms with Crippen molar-refractivity contribution in [3.05, 3.63) is 39.9 Å². The smallest absolute Gasteiger partial charge is 0.260 e. The Kier molecular flexibility index (Phi) is 5.42. The summed E-state index contributed by atoms with van der Waals surface area (Å²) in [5, 5.41) is 0.622. The summed E-state index contributed by atoms with van der Waals surface area (Å²) in [5.41, 5.74) is 2.79. The van der Waals surface area contributed by atoms with Gasteiger partial charge in [-0.25, -0.2) is 18.1 Å². The number of nitrogens with zero attached hydrogens (tertiary/aromatic N) is 1. The number of hydrogen-bond acceptors (Lipinski definition) is 5. The molecule has 4 rings (SSSR count). The van der Waals surface area contributed by atoms with Crippen LogP contribution in [0.1, 0.15) is 49.4 Å². The molecular weight excluding hydrogens is 404 g/mol. The Morgan fingerprint density at radius 2 is 1.90 bits per heavy atom. The third-order valence-corrected chi connectivity index (χ3v) is 7.30. The van der Waals surface area contributed by atoms with Gasteiger partial charge in [0.2, 0.25) is 10.0 Å². The van der Waals surface area contributed by atoms with E-state index in [2.05, 4.69) is 14.7 Å². The summed E-state index contributed by atoms with van der Waals surface area (Å²) in [6.45, 7) is 1.92. The second-order valence-electron chi connectivity index (χ2n) is 7.71. The highest BCUT2D eigenvalue weighted by Crippen LogP contribution is 2.36. The van der Waals surface area contributed by atoms with Crippen molar-refractivity contribution in [3.63, 3.8) is 0 Å². The van der Waals surface area contributed by atoms with Crippen LogP contribution in [0, 0.1) is 6.92 Å². The molecule has 0 bridgehead atoms. The van der Waals surface area contributed by atoms with Crippen LogP contribution < -0.4 is 15.0 Å². The topological polar surface area (TPSA) is 117 Å². The molecule has 0 aliphatic heterocycles. The first kappa shape index (κ1) is 20.6. The van der Waals surface area contributed by atoms with Gasteiger partial charge in [-0.1, -0.05) is 19.3 Å². The van der Waals surface area contributed by atoms with Gasteiger partial charge in [0, 0.05) is 17.5 Å². The number of sulfonamides is 1. The Bertz CT molecular complexity index is 1250. The van der Waals surface area contributed by atoms with Crippen molar-refractivity contribution in [1.82, 2.24) is 19.7 Å². The van der Waals surface area contributed by atoms with Crippen LogP contribution in [0.3, 0.4) is 0 Å². The van der Waals surface area contributed by atoms with Gasteiger partial charge in [-0.05, 0) is 44.9 Å². The number of aromatic amines is 2. The second kappa shape index (κ2) is 7.88. The van der Waals surface area contributed by atoms with Crippen LogP contribution in [-0.4, -0.2) is 37.5 Å². The fourth-order valence-corrected chi connectivity index (χ4v) is 5.04. The fraction of sp³-hybridized carbons (Fsp3) is 0.429. The van der Waals surface area contributed by atoms with Crippen LogP contribution in [0.25, 0.3) is 22.3 Å². The minimum Gasteiger partial charge on any atom is -0.496 e. The monoisotopic (exact) mass is 430 g/mol. The Balaban J connectivity index is 1.85. The quantitative estimate of drug-likeness (QED) is 0.575. The molecule has 3 N–H and O–H groups in total. The van der Waals surface area contributed by atoms with Gasteiger partial charge in [0.15, 0.2) is 0 Å². The second-order valence-corrected chi connectivity index (χ2v) is 9.59.